The van der Waals surface area contributed by atoms with Gasteiger partial charge in [0, 0.05) is 22.1 Å². The Balaban J connectivity index is 2.00. The van der Waals surface area contributed by atoms with Gasteiger partial charge in [-0.1, -0.05) is 13.8 Å². The molecule has 0 fully saturated rings. The highest BCUT2D eigenvalue weighted by molar-refractivity contribution is 5.94. The van der Waals surface area contributed by atoms with Crippen LogP contribution in [-0.4, -0.2) is 19.9 Å². The molecule has 0 amide bonds. The van der Waals surface area contributed by atoms with E-state index < -0.39 is 0 Å². The maximum Gasteiger partial charge on any atom is 0.0690 e. The van der Waals surface area contributed by atoms with Gasteiger partial charge in [0.2, 0.25) is 0 Å². The number of hydrogen-bond acceptors (Lipinski definition) is 2. The molecular formula is C30H34N4. The average molecular weight is 451 g/mol. The second kappa shape index (κ2) is 7.83. The van der Waals surface area contributed by atoms with E-state index >= 15 is 0 Å². The van der Waals surface area contributed by atoms with Gasteiger partial charge in [-0.3, -0.25) is 0 Å². The zero-order valence-electron chi connectivity index (χ0n) is 21.8. The van der Waals surface area contributed by atoms with E-state index in [1.807, 2.05) is 0 Å². The van der Waals surface area contributed by atoms with Gasteiger partial charge < -0.3 is 9.97 Å². The quantitative estimate of drug-likeness (QED) is 0.392. The van der Waals surface area contributed by atoms with Gasteiger partial charge in [-0.25, -0.2) is 9.97 Å². The molecule has 2 N–H and O–H groups in total. The van der Waals surface area contributed by atoms with Crippen molar-refractivity contribution in [3.05, 3.63) is 69.3 Å². The SMILES string of the molecule is CC1=C(C)c2cc3[nH]c(cc4nc(cc5[nH]c(cc1n2)c(C)c5C)C(C)=C4C)c(C(C)C)c3C. The van der Waals surface area contributed by atoms with Gasteiger partial charge in [0.25, 0.3) is 0 Å². The van der Waals surface area contributed by atoms with Crippen molar-refractivity contribution in [2.45, 2.75) is 68.2 Å². The number of aromatic amines is 2. The molecule has 0 saturated carbocycles. The lowest BCUT2D eigenvalue weighted by Gasteiger charge is -2.04. The van der Waals surface area contributed by atoms with Crippen LogP contribution in [0.2, 0.25) is 0 Å². The first-order valence-corrected chi connectivity index (χ1v) is 12.1. The fourth-order valence-corrected chi connectivity index (χ4v) is 5.15. The normalized spacial score (nSPS) is 14.1. The summed E-state index contributed by atoms with van der Waals surface area (Å²) in [4.78, 5) is 17.5. The van der Waals surface area contributed by atoms with E-state index in [4.69, 9.17) is 9.97 Å². The van der Waals surface area contributed by atoms with Crippen molar-refractivity contribution in [1.29, 1.82) is 0 Å². The van der Waals surface area contributed by atoms with E-state index in [9.17, 15) is 0 Å². The highest BCUT2D eigenvalue weighted by Gasteiger charge is 2.18. The number of nitrogens with one attached hydrogen (secondary N) is 2. The zero-order valence-corrected chi connectivity index (χ0v) is 21.8. The van der Waals surface area contributed by atoms with Crippen molar-refractivity contribution >= 4 is 44.4 Å². The van der Waals surface area contributed by atoms with Gasteiger partial charge in [-0.05, 0) is 123 Å². The summed E-state index contributed by atoms with van der Waals surface area (Å²) in [5.74, 6) is 0.399. The summed E-state index contributed by atoms with van der Waals surface area (Å²) < 4.78 is 0. The molecule has 0 aromatic carbocycles. The Hall–Kier alpha value is -3.40. The highest BCUT2D eigenvalue weighted by atomic mass is 14.8. The molecule has 174 valence electrons. The molecule has 4 heteroatoms. The Kier molecular flexibility index (Phi) is 5.16. The van der Waals surface area contributed by atoms with Crippen LogP contribution in [0.5, 0.6) is 0 Å². The van der Waals surface area contributed by atoms with Crippen LogP contribution in [0.15, 0.2) is 24.3 Å². The average Bonchev–Trinajstić information content (AvgIpc) is 3.41. The molecule has 4 nitrogen and oxygen atoms in total. The maximum absolute atomic E-state index is 5.06. The monoisotopic (exact) mass is 450 g/mol. The fraction of sp³-hybridized carbons (Fsp3) is 0.333. The number of hydrogen-bond donors (Lipinski definition) is 2. The van der Waals surface area contributed by atoms with Crippen LogP contribution in [0.1, 0.15) is 92.5 Å². The van der Waals surface area contributed by atoms with E-state index in [-0.39, 0.29) is 0 Å². The minimum absolute atomic E-state index is 0.399. The first kappa shape index (κ1) is 22.4. The van der Waals surface area contributed by atoms with Crippen LogP contribution < -0.4 is 0 Å². The van der Waals surface area contributed by atoms with E-state index in [2.05, 4.69) is 96.5 Å². The first-order chi connectivity index (χ1) is 16.1. The maximum atomic E-state index is 5.06. The van der Waals surface area contributed by atoms with Crippen LogP contribution in [0.25, 0.3) is 44.4 Å². The summed E-state index contributed by atoms with van der Waals surface area (Å²) in [5.41, 5.74) is 18.6. The number of aromatic nitrogens is 4. The van der Waals surface area contributed by atoms with Crippen molar-refractivity contribution in [2.24, 2.45) is 0 Å². The molecule has 0 aliphatic carbocycles. The summed E-state index contributed by atoms with van der Waals surface area (Å²) in [6.07, 6.45) is 0. The molecule has 3 aromatic heterocycles. The number of rotatable bonds is 1. The summed E-state index contributed by atoms with van der Waals surface area (Å²) in [5, 5.41) is 0. The fourth-order valence-electron chi connectivity index (χ4n) is 5.15. The summed E-state index contributed by atoms with van der Waals surface area (Å²) >= 11 is 0. The molecular weight excluding hydrogens is 416 g/mol. The summed E-state index contributed by atoms with van der Waals surface area (Å²) in [6.45, 7) is 19.7. The van der Waals surface area contributed by atoms with E-state index in [1.165, 1.54) is 44.5 Å². The molecule has 0 saturated heterocycles. The van der Waals surface area contributed by atoms with E-state index in [0.29, 0.717) is 5.92 Å². The number of fused-ring (bicyclic) bond motifs is 8. The van der Waals surface area contributed by atoms with Gasteiger partial charge in [-0.2, -0.15) is 0 Å². The molecule has 8 bridgehead atoms. The van der Waals surface area contributed by atoms with Crippen LogP contribution >= 0.6 is 0 Å². The predicted octanol–water partition coefficient (Wildman–Crippen LogP) is 8.26. The number of allylic oxidation sites excluding steroid dienone is 4. The smallest absolute Gasteiger partial charge is 0.0690 e. The lowest BCUT2D eigenvalue weighted by molar-refractivity contribution is 0.870. The highest BCUT2D eigenvalue weighted by Crippen LogP contribution is 2.35. The topological polar surface area (TPSA) is 57.4 Å². The molecule has 0 atom stereocenters. The van der Waals surface area contributed by atoms with E-state index in [0.717, 1.165) is 44.8 Å². The molecule has 0 spiro atoms. The molecule has 0 radical (unpaired) electrons. The van der Waals surface area contributed by atoms with E-state index in [1.54, 1.807) is 0 Å². The summed E-state index contributed by atoms with van der Waals surface area (Å²) in [6, 6.07) is 8.81. The van der Waals surface area contributed by atoms with Gasteiger partial charge >= 0.3 is 0 Å². The molecule has 5 heterocycles. The van der Waals surface area contributed by atoms with Crippen molar-refractivity contribution < 1.29 is 0 Å². The van der Waals surface area contributed by atoms with Crippen molar-refractivity contribution in [1.82, 2.24) is 19.9 Å². The molecule has 2 aliphatic rings. The van der Waals surface area contributed by atoms with Crippen molar-refractivity contribution in [3.8, 4) is 0 Å². The standard InChI is InChI=1S/C30H34N4/c1-14(2)30-21(9)28-12-26-18(6)17(5)24(32-26)10-22-15(3)16(4)23(31-22)11-25-19(7)20(8)27(33-25)13-29(30)34-28/h10-14,31,34H,1-9H3. The third kappa shape index (κ3) is 3.35. The van der Waals surface area contributed by atoms with Gasteiger partial charge in [0.05, 0.1) is 22.8 Å². The Morgan fingerprint density at radius 1 is 0.500 bits per heavy atom. The predicted molar refractivity (Wildman–Crippen MR) is 146 cm³/mol. The molecule has 34 heavy (non-hydrogen) atoms. The van der Waals surface area contributed by atoms with Crippen LogP contribution in [0.3, 0.4) is 0 Å². The second-order valence-electron chi connectivity index (χ2n) is 10.2. The van der Waals surface area contributed by atoms with Gasteiger partial charge in [0.15, 0.2) is 0 Å². The second-order valence-corrected chi connectivity index (χ2v) is 10.2. The molecule has 3 aromatic rings. The Bertz CT molecular complexity index is 1590. The number of H-pyrrole nitrogens is 2. The minimum atomic E-state index is 0.399. The molecule has 5 rings (SSSR count). The van der Waals surface area contributed by atoms with Gasteiger partial charge in [0.1, 0.15) is 0 Å². The third-order valence-electron chi connectivity index (χ3n) is 7.85. The lowest BCUT2D eigenvalue weighted by Crippen LogP contribution is -1.88. The minimum Gasteiger partial charge on any atom is -0.355 e. The largest absolute Gasteiger partial charge is 0.355 e. The number of aryl methyl sites for hydroxylation is 3. The van der Waals surface area contributed by atoms with Crippen molar-refractivity contribution in [3.63, 3.8) is 0 Å². The van der Waals surface area contributed by atoms with Crippen molar-refractivity contribution in [2.75, 3.05) is 0 Å². The molecule has 2 aliphatic heterocycles. The lowest BCUT2D eigenvalue weighted by atomic mass is 9.99. The Morgan fingerprint density at radius 2 is 0.824 bits per heavy atom. The number of nitrogens with zero attached hydrogens (tertiary/aromatic N) is 2. The van der Waals surface area contributed by atoms with Crippen LogP contribution in [0, 0.1) is 20.8 Å². The first-order valence-electron chi connectivity index (χ1n) is 12.1. The van der Waals surface area contributed by atoms with Crippen LogP contribution in [0.4, 0.5) is 0 Å². The van der Waals surface area contributed by atoms with Gasteiger partial charge in [-0.15, -0.1) is 0 Å². The Labute approximate surface area is 201 Å². The molecule has 0 unspecified atom stereocenters. The summed E-state index contributed by atoms with van der Waals surface area (Å²) in [7, 11) is 0. The Morgan fingerprint density at radius 3 is 1.21 bits per heavy atom. The zero-order chi connectivity index (χ0) is 24.5. The van der Waals surface area contributed by atoms with Crippen LogP contribution in [-0.2, 0) is 0 Å². The third-order valence-corrected chi connectivity index (χ3v) is 7.85.